The van der Waals surface area contributed by atoms with Crippen LogP contribution in [0.5, 0.6) is 0 Å². The zero-order valence-electron chi connectivity index (χ0n) is 12.7. The Labute approximate surface area is 122 Å². The molecule has 0 unspecified atom stereocenters. The normalized spacial score (nSPS) is 16.7. The molecular formula is C14H28N6. The summed E-state index contributed by atoms with van der Waals surface area (Å²) in [6, 6.07) is 0. The van der Waals surface area contributed by atoms with Gasteiger partial charge >= 0.3 is 0 Å². The van der Waals surface area contributed by atoms with Crippen molar-refractivity contribution in [1.29, 1.82) is 0 Å². The third kappa shape index (κ3) is 7.66. The number of rotatable bonds is 5. The van der Waals surface area contributed by atoms with E-state index in [1.165, 1.54) is 12.8 Å². The summed E-state index contributed by atoms with van der Waals surface area (Å²) in [5, 5.41) is 12.6. The van der Waals surface area contributed by atoms with Crippen molar-refractivity contribution in [2.75, 3.05) is 39.3 Å². The van der Waals surface area contributed by atoms with Crippen molar-refractivity contribution in [2.45, 2.75) is 26.7 Å². The topological polar surface area (TPSA) is 72.8 Å². The first-order valence-electron chi connectivity index (χ1n) is 7.52. The number of hydrogen-bond donors (Lipinski definition) is 4. The van der Waals surface area contributed by atoms with Gasteiger partial charge in [0, 0.05) is 26.2 Å². The SMILES string of the molecule is C/C=C/CNC1=NCCN1.CCCCNC1=NCCN1. The molecule has 0 atom stereocenters. The highest BCUT2D eigenvalue weighted by molar-refractivity contribution is 5.81. The van der Waals surface area contributed by atoms with Crippen LogP contribution in [0.2, 0.25) is 0 Å². The molecule has 0 aromatic carbocycles. The summed E-state index contributed by atoms with van der Waals surface area (Å²) in [7, 11) is 0. The molecule has 0 saturated heterocycles. The van der Waals surface area contributed by atoms with Crippen molar-refractivity contribution in [3.63, 3.8) is 0 Å². The van der Waals surface area contributed by atoms with Crippen molar-refractivity contribution < 1.29 is 0 Å². The lowest BCUT2D eigenvalue weighted by Crippen LogP contribution is -2.34. The molecular weight excluding hydrogens is 252 g/mol. The fraction of sp³-hybridized carbons (Fsp3) is 0.714. The van der Waals surface area contributed by atoms with Crippen LogP contribution >= 0.6 is 0 Å². The summed E-state index contributed by atoms with van der Waals surface area (Å²) >= 11 is 0. The number of unbranched alkanes of at least 4 members (excludes halogenated alkanes) is 1. The molecule has 0 aromatic rings. The van der Waals surface area contributed by atoms with E-state index in [0.29, 0.717) is 0 Å². The van der Waals surface area contributed by atoms with Crippen molar-refractivity contribution in [3.05, 3.63) is 12.2 Å². The highest BCUT2D eigenvalue weighted by Gasteiger charge is 2.01. The first-order valence-corrected chi connectivity index (χ1v) is 7.52. The van der Waals surface area contributed by atoms with Crippen LogP contribution < -0.4 is 21.3 Å². The van der Waals surface area contributed by atoms with Gasteiger partial charge in [0.15, 0.2) is 11.9 Å². The number of nitrogens with zero attached hydrogens (tertiary/aromatic N) is 2. The predicted molar refractivity (Wildman–Crippen MR) is 86.3 cm³/mol. The van der Waals surface area contributed by atoms with Crippen molar-refractivity contribution in [2.24, 2.45) is 9.98 Å². The van der Waals surface area contributed by atoms with E-state index in [0.717, 1.165) is 51.2 Å². The second kappa shape index (κ2) is 11.1. The predicted octanol–water partition coefficient (Wildman–Crippen LogP) is 0.447. The minimum absolute atomic E-state index is 0.863. The highest BCUT2D eigenvalue weighted by Crippen LogP contribution is 1.85. The van der Waals surface area contributed by atoms with Crippen molar-refractivity contribution >= 4 is 11.9 Å². The molecule has 6 nitrogen and oxygen atoms in total. The lowest BCUT2D eigenvalue weighted by molar-refractivity contribution is 0.744. The molecule has 2 aliphatic rings. The number of nitrogens with one attached hydrogen (secondary N) is 4. The lowest BCUT2D eigenvalue weighted by atomic mass is 10.3. The van der Waals surface area contributed by atoms with Crippen molar-refractivity contribution in [1.82, 2.24) is 21.3 Å². The fourth-order valence-corrected chi connectivity index (χ4v) is 1.69. The summed E-state index contributed by atoms with van der Waals surface area (Å²) in [5.41, 5.74) is 0. The zero-order valence-corrected chi connectivity index (χ0v) is 12.7. The quantitative estimate of drug-likeness (QED) is 0.436. The van der Waals surface area contributed by atoms with Crippen LogP contribution in [0.1, 0.15) is 26.7 Å². The van der Waals surface area contributed by atoms with Gasteiger partial charge < -0.3 is 21.3 Å². The second-order valence-corrected chi connectivity index (χ2v) is 4.54. The summed E-state index contributed by atoms with van der Waals surface area (Å²) < 4.78 is 0. The molecule has 4 N–H and O–H groups in total. The lowest BCUT2D eigenvalue weighted by Gasteiger charge is -2.03. The van der Waals surface area contributed by atoms with Gasteiger partial charge in [0.05, 0.1) is 13.1 Å². The molecule has 0 radical (unpaired) electrons. The minimum atomic E-state index is 0.863. The van der Waals surface area contributed by atoms with Crippen LogP contribution in [-0.2, 0) is 0 Å². The van der Waals surface area contributed by atoms with E-state index in [1.54, 1.807) is 0 Å². The summed E-state index contributed by atoms with van der Waals surface area (Å²) in [5.74, 6) is 1.91. The van der Waals surface area contributed by atoms with Gasteiger partial charge in [0.25, 0.3) is 0 Å². The molecule has 0 amide bonds. The molecule has 0 spiro atoms. The molecule has 2 rings (SSSR count). The first-order chi connectivity index (χ1) is 9.86. The van der Waals surface area contributed by atoms with E-state index in [9.17, 15) is 0 Å². The average Bonchev–Trinajstić information content (AvgIpc) is 3.13. The van der Waals surface area contributed by atoms with E-state index < -0.39 is 0 Å². The number of allylic oxidation sites excluding steroid dienone is 1. The van der Waals surface area contributed by atoms with Crippen LogP contribution in [0.15, 0.2) is 22.1 Å². The van der Waals surface area contributed by atoms with Crippen molar-refractivity contribution in [3.8, 4) is 0 Å². The summed E-state index contributed by atoms with van der Waals surface area (Å²) in [4.78, 5) is 8.37. The standard InChI is InChI=1S/C7H15N3.C7H13N3/c2*1-2-3-4-8-7-9-5-6-10-7/h2-6H2,1H3,(H2,8,9,10);2-3H,4-6H2,1H3,(H2,8,9,10)/b;3-2+. The van der Waals surface area contributed by atoms with Crippen LogP contribution in [0, 0.1) is 0 Å². The van der Waals surface area contributed by atoms with Crippen LogP contribution in [0.25, 0.3) is 0 Å². The molecule has 0 bridgehead atoms. The molecule has 0 saturated carbocycles. The molecule has 0 aliphatic carbocycles. The summed E-state index contributed by atoms with van der Waals surface area (Å²) in [6.07, 6.45) is 6.53. The maximum Gasteiger partial charge on any atom is 0.191 e. The Kier molecular flexibility index (Phi) is 9.09. The third-order valence-corrected chi connectivity index (χ3v) is 2.79. The average molecular weight is 280 g/mol. The van der Waals surface area contributed by atoms with Crippen LogP contribution in [0.3, 0.4) is 0 Å². The van der Waals surface area contributed by atoms with Gasteiger partial charge in [-0.2, -0.15) is 0 Å². The Morgan fingerprint density at radius 1 is 1.10 bits per heavy atom. The Balaban J connectivity index is 0.000000200. The highest BCUT2D eigenvalue weighted by atomic mass is 15.2. The molecule has 0 fully saturated rings. The summed E-state index contributed by atoms with van der Waals surface area (Å²) in [6.45, 7) is 9.89. The maximum atomic E-state index is 4.20. The largest absolute Gasteiger partial charge is 0.356 e. The van der Waals surface area contributed by atoms with E-state index in [4.69, 9.17) is 0 Å². The van der Waals surface area contributed by atoms with Gasteiger partial charge in [0.2, 0.25) is 0 Å². The number of guanidine groups is 2. The Hall–Kier alpha value is -1.72. The van der Waals surface area contributed by atoms with Gasteiger partial charge in [-0.25, -0.2) is 0 Å². The molecule has 2 heterocycles. The van der Waals surface area contributed by atoms with Gasteiger partial charge in [-0.1, -0.05) is 25.5 Å². The van der Waals surface area contributed by atoms with Gasteiger partial charge in [0.1, 0.15) is 0 Å². The minimum Gasteiger partial charge on any atom is -0.356 e. The monoisotopic (exact) mass is 280 g/mol. The van der Waals surface area contributed by atoms with Crippen LogP contribution in [-0.4, -0.2) is 51.2 Å². The number of aliphatic imine (C=N–C) groups is 2. The number of hydrogen-bond acceptors (Lipinski definition) is 6. The first kappa shape index (κ1) is 16.3. The molecule has 2 aliphatic heterocycles. The molecule has 6 heteroatoms. The Morgan fingerprint density at radius 3 is 2.25 bits per heavy atom. The molecule has 114 valence electrons. The zero-order chi connectivity index (χ0) is 14.5. The van der Waals surface area contributed by atoms with E-state index >= 15 is 0 Å². The Bertz CT molecular complexity index is 335. The van der Waals surface area contributed by atoms with E-state index in [1.807, 2.05) is 13.0 Å². The molecule has 0 aromatic heterocycles. The van der Waals surface area contributed by atoms with Gasteiger partial charge in [-0.3, -0.25) is 9.98 Å². The van der Waals surface area contributed by atoms with Gasteiger partial charge in [-0.05, 0) is 13.3 Å². The van der Waals surface area contributed by atoms with E-state index in [2.05, 4.69) is 44.3 Å². The smallest absolute Gasteiger partial charge is 0.191 e. The van der Waals surface area contributed by atoms with E-state index in [-0.39, 0.29) is 0 Å². The molecule has 20 heavy (non-hydrogen) atoms. The van der Waals surface area contributed by atoms with Gasteiger partial charge in [-0.15, -0.1) is 0 Å². The fourth-order valence-electron chi connectivity index (χ4n) is 1.69. The van der Waals surface area contributed by atoms with Crippen LogP contribution in [0.4, 0.5) is 0 Å². The Morgan fingerprint density at radius 2 is 1.75 bits per heavy atom. The maximum absolute atomic E-state index is 4.20. The third-order valence-electron chi connectivity index (χ3n) is 2.79. The second-order valence-electron chi connectivity index (χ2n) is 4.54.